The number of amides is 2. The number of aryl methyl sites for hydroxylation is 1. The van der Waals surface area contributed by atoms with Gasteiger partial charge in [0.1, 0.15) is 17.9 Å². The number of ether oxygens (including phenoxy) is 3. The van der Waals surface area contributed by atoms with Gasteiger partial charge in [0.2, 0.25) is 11.8 Å². The van der Waals surface area contributed by atoms with Crippen molar-refractivity contribution in [1.29, 1.82) is 0 Å². The molecule has 0 bridgehead atoms. The molecule has 0 fully saturated rings. The average molecular weight is 657 g/mol. The Balaban J connectivity index is 1.93. The number of cyclic esters (lactones) is 2. The van der Waals surface area contributed by atoms with Crippen LogP contribution in [0.1, 0.15) is 58.6 Å². The van der Waals surface area contributed by atoms with Crippen molar-refractivity contribution in [3.63, 3.8) is 0 Å². The minimum atomic E-state index is -1.20. The SMILES string of the molecule is COc1ccc(C[C@H]2NC(=O)/C=C/C[C@@H](C(C)/C=C/c3cnn(C)c3)OC(=O)[C@H](CC(C)C)OC(=O)C(C)(C)CNC2=O)cc1Cl. The summed E-state index contributed by atoms with van der Waals surface area (Å²) < 4.78 is 18.6. The third-order valence-corrected chi connectivity index (χ3v) is 7.85. The lowest BCUT2D eigenvalue weighted by Crippen LogP contribution is -2.51. The molecule has 0 aliphatic carbocycles. The molecule has 0 saturated carbocycles. The minimum Gasteiger partial charge on any atom is -0.495 e. The summed E-state index contributed by atoms with van der Waals surface area (Å²) in [6, 6.07) is 4.13. The number of aromatic nitrogens is 2. The topological polar surface area (TPSA) is 138 Å². The maximum atomic E-state index is 13.5. The molecule has 1 aliphatic rings. The van der Waals surface area contributed by atoms with Crippen LogP contribution in [-0.2, 0) is 42.1 Å². The van der Waals surface area contributed by atoms with Gasteiger partial charge in [0.05, 0.1) is 23.7 Å². The van der Waals surface area contributed by atoms with Crippen LogP contribution in [0.2, 0.25) is 5.02 Å². The first-order valence-electron chi connectivity index (χ1n) is 15.3. The predicted octanol–water partition coefficient (Wildman–Crippen LogP) is 4.43. The Morgan fingerprint density at radius 2 is 1.91 bits per heavy atom. The van der Waals surface area contributed by atoms with Crippen LogP contribution in [0.4, 0.5) is 0 Å². The number of methoxy groups -OCH3 is 1. The van der Waals surface area contributed by atoms with Gasteiger partial charge in [-0.1, -0.05) is 56.7 Å². The van der Waals surface area contributed by atoms with Crippen LogP contribution >= 0.6 is 11.6 Å². The normalized spacial score (nSPS) is 22.9. The van der Waals surface area contributed by atoms with Crippen molar-refractivity contribution in [1.82, 2.24) is 20.4 Å². The summed E-state index contributed by atoms with van der Waals surface area (Å²) in [5.41, 5.74) is 0.375. The summed E-state index contributed by atoms with van der Waals surface area (Å²) in [6.45, 7) is 8.86. The van der Waals surface area contributed by atoms with Crippen molar-refractivity contribution < 1.29 is 33.4 Å². The van der Waals surface area contributed by atoms with Gasteiger partial charge in [-0.25, -0.2) is 4.79 Å². The Morgan fingerprint density at radius 3 is 2.54 bits per heavy atom. The highest BCUT2D eigenvalue weighted by atomic mass is 35.5. The van der Waals surface area contributed by atoms with Crippen molar-refractivity contribution in [2.75, 3.05) is 13.7 Å². The number of esters is 2. The second-order valence-corrected chi connectivity index (χ2v) is 13.0. The fourth-order valence-electron chi connectivity index (χ4n) is 4.73. The molecule has 250 valence electrons. The highest BCUT2D eigenvalue weighted by molar-refractivity contribution is 6.32. The molecule has 0 radical (unpaired) electrons. The van der Waals surface area contributed by atoms with Gasteiger partial charge in [-0.2, -0.15) is 5.10 Å². The molecule has 46 heavy (non-hydrogen) atoms. The van der Waals surface area contributed by atoms with Crippen molar-refractivity contribution in [3.8, 4) is 5.75 Å². The van der Waals surface area contributed by atoms with Crippen molar-refractivity contribution in [2.24, 2.45) is 24.3 Å². The predicted molar refractivity (Wildman–Crippen MR) is 175 cm³/mol. The van der Waals surface area contributed by atoms with Gasteiger partial charge < -0.3 is 24.8 Å². The summed E-state index contributed by atoms with van der Waals surface area (Å²) in [5.74, 6) is -2.10. The van der Waals surface area contributed by atoms with E-state index < -0.39 is 47.4 Å². The number of halogens is 1. The zero-order valence-electron chi connectivity index (χ0n) is 27.5. The Kier molecular flexibility index (Phi) is 13.0. The van der Waals surface area contributed by atoms with Crippen LogP contribution in [0.5, 0.6) is 5.75 Å². The lowest BCUT2D eigenvalue weighted by atomic mass is 9.93. The van der Waals surface area contributed by atoms with Crippen molar-refractivity contribution >= 4 is 41.4 Å². The standard InChI is InChI=1S/C34H45ClN4O7/c1-21(2)15-29-32(42)45-27(22(3)11-12-24-18-37-39(6)19-24)9-8-10-30(40)38-26(17-23-13-14-28(44-7)25(35)16-23)31(41)36-20-34(4,5)33(43)46-29/h8,10-14,16,18-19,21-22,26-27,29H,9,15,17,20H2,1-7H3,(H,36,41)(H,38,40)/b10-8+,12-11+/t22?,26-,27+,29+/m1/s1. The van der Waals surface area contributed by atoms with E-state index in [4.69, 9.17) is 25.8 Å². The number of carbonyl (C=O) groups is 4. The first kappa shape index (κ1) is 36.3. The van der Waals surface area contributed by atoms with Gasteiger partial charge in [-0.3, -0.25) is 19.1 Å². The van der Waals surface area contributed by atoms with Crippen LogP contribution in [0, 0.1) is 17.3 Å². The molecular weight excluding hydrogens is 612 g/mol. The summed E-state index contributed by atoms with van der Waals surface area (Å²) in [6.07, 6.45) is 9.01. The number of carbonyl (C=O) groups excluding carboxylic acids is 4. The van der Waals surface area contributed by atoms with Gasteiger partial charge in [-0.15, -0.1) is 0 Å². The third kappa shape index (κ3) is 10.8. The van der Waals surface area contributed by atoms with E-state index in [0.717, 1.165) is 5.56 Å². The van der Waals surface area contributed by atoms with Crippen LogP contribution in [0.3, 0.4) is 0 Å². The van der Waals surface area contributed by atoms with E-state index in [1.807, 2.05) is 46.2 Å². The molecule has 11 nitrogen and oxygen atoms in total. The molecule has 2 amide bonds. The van der Waals surface area contributed by atoms with E-state index in [0.29, 0.717) is 16.3 Å². The van der Waals surface area contributed by atoms with Crippen LogP contribution in [0.15, 0.2) is 48.8 Å². The van der Waals surface area contributed by atoms with Crippen molar-refractivity contribution in [2.45, 2.75) is 72.1 Å². The monoisotopic (exact) mass is 656 g/mol. The van der Waals surface area contributed by atoms with Gasteiger partial charge in [-0.05, 0) is 50.0 Å². The summed E-state index contributed by atoms with van der Waals surface area (Å²) in [5, 5.41) is 10.1. The third-order valence-electron chi connectivity index (χ3n) is 7.55. The summed E-state index contributed by atoms with van der Waals surface area (Å²) in [7, 11) is 3.32. The van der Waals surface area contributed by atoms with E-state index in [2.05, 4.69) is 15.7 Å². The van der Waals surface area contributed by atoms with Gasteiger partial charge >= 0.3 is 11.9 Å². The maximum absolute atomic E-state index is 13.5. The minimum absolute atomic E-state index is 0.0240. The first-order chi connectivity index (χ1) is 21.7. The molecule has 4 atom stereocenters. The molecule has 1 aromatic heterocycles. The summed E-state index contributed by atoms with van der Waals surface area (Å²) in [4.78, 5) is 53.3. The second kappa shape index (κ2) is 16.4. The molecule has 0 spiro atoms. The molecule has 12 heteroatoms. The summed E-state index contributed by atoms with van der Waals surface area (Å²) >= 11 is 6.30. The van der Waals surface area contributed by atoms with Crippen LogP contribution in [0.25, 0.3) is 6.08 Å². The zero-order valence-corrected chi connectivity index (χ0v) is 28.3. The molecule has 1 unspecified atom stereocenters. The smallest absolute Gasteiger partial charge is 0.347 e. The number of hydrogen-bond acceptors (Lipinski definition) is 8. The van der Waals surface area contributed by atoms with Gasteiger partial charge in [0, 0.05) is 44.1 Å². The number of benzene rings is 1. The molecule has 2 heterocycles. The number of nitrogens with one attached hydrogen (secondary N) is 2. The Bertz CT molecular complexity index is 1450. The molecule has 0 saturated heterocycles. The van der Waals surface area contributed by atoms with Crippen LogP contribution < -0.4 is 15.4 Å². The Morgan fingerprint density at radius 1 is 1.17 bits per heavy atom. The molecule has 2 N–H and O–H groups in total. The highest BCUT2D eigenvalue weighted by Gasteiger charge is 2.37. The van der Waals surface area contributed by atoms with Crippen molar-refractivity contribution in [3.05, 3.63) is 65.0 Å². The molecular formula is C34H45ClN4O7. The van der Waals surface area contributed by atoms with E-state index in [1.165, 1.54) is 13.2 Å². The Labute approximate surface area is 275 Å². The highest BCUT2D eigenvalue weighted by Crippen LogP contribution is 2.26. The quantitative estimate of drug-likeness (QED) is 0.398. The Hall–Kier alpha value is -4.12. The fraction of sp³-hybridized carbons (Fsp3) is 0.500. The lowest BCUT2D eigenvalue weighted by Gasteiger charge is -2.29. The van der Waals surface area contributed by atoms with E-state index in [-0.39, 0.29) is 37.6 Å². The number of hydrogen-bond donors (Lipinski definition) is 2. The van der Waals surface area contributed by atoms with Gasteiger partial charge in [0.25, 0.3) is 0 Å². The number of nitrogens with zero attached hydrogens (tertiary/aromatic N) is 2. The van der Waals surface area contributed by atoms with Gasteiger partial charge in [0.15, 0.2) is 6.10 Å². The molecule has 1 aliphatic heterocycles. The zero-order chi connectivity index (χ0) is 34.0. The molecule has 3 rings (SSSR count). The number of rotatable bonds is 8. The largest absolute Gasteiger partial charge is 0.495 e. The van der Waals surface area contributed by atoms with E-state index in [1.54, 1.807) is 49.0 Å². The fourth-order valence-corrected chi connectivity index (χ4v) is 5.01. The maximum Gasteiger partial charge on any atom is 0.347 e. The average Bonchev–Trinajstić information content (AvgIpc) is 3.41. The molecule has 1 aromatic carbocycles. The second-order valence-electron chi connectivity index (χ2n) is 12.6. The van der Waals surface area contributed by atoms with Crippen LogP contribution in [-0.4, -0.2) is 65.4 Å². The van der Waals surface area contributed by atoms with E-state index >= 15 is 0 Å². The first-order valence-corrected chi connectivity index (χ1v) is 15.7. The van der Waals surface area contributed by atoms with E-state index in [9.17, 15) is 19.2 Å². The molecule has 2 aromatic rings. The lowest BCUT2D eigenvalue weighted by molar-refractivity contribution is -0.178.